The Balaban J connectivity index is 2.18. The van der Waals surface area contributed by atoms with Gasteiger partial charge in [-0.2, -0.15) is 0 Å². The lowest BCUT2D eigenvalue weighted by molar-refractivity contribution is 0.616. The summed E-state index contributed by atoms with van der Waals surface area (Å²) in [6, 6.07) is 8.30. The van der Waals surface area contributed by atoms with Crippen LogP contribution in [0.1, 0.15) is 6.42 Å². The van der Waals surface area contributed by atoms with Gasteiger partial charge in [-0.15, -0.1) is 0 Å². The van der Waals surface area contributed by atoms with Crippen molar-refractivity contribution in [2.24, 2.45) is 0 Å². The van der Waals surface area contributed by atoms with Crippen molar-refractivity contribution in [1.29, 1.82) is 0 Å². The molecule has 2 rings (SSSR count). The number of aromatic nitrogens is 2. The molecule has 0 fully saturated rings. The Bertz CT molecular complexity index is 479. The molecule has 0 atom stereocenters. The highest BCUT2D eigenvalue weighted by molar-refractivity contribution is 9.10. The predicted molar refractivity (Wildman–Crippen MR) is 73.9 cm³/mol. The largest absolute Gasteiger partial charge is 0.331 e. The van der Waals surface area contributed by atoms with Crippen molar-refractivity contribution in [3.05, 3.63) is 41.3 Å². The van der Waals surface area contributed by atoms with Gasteiger partial charge in [0.1, 0.15) is 0 Å². The topological polar surface area (TPSA) is 29.9 Å². The van der Waals surface area contributed by atoms with Gasteiger partial charge in [0.25, 0.3) is 0 Å². The quantitative estimate of drug-likeness (QED) is 0.859. The maximum Gasteiger partial charge on any atom is 0.0950 e. The Kier molecular flexibility index (Phi) is 4.34. The lowest BCUT2D eigenvalue weighted by Crippen LogP contribution is -2.11. The monoisotopic (exact) mass is 293 g/mol. The molecule has 0 spiro atoms. The molecule has 0 aliphatic heterocycles. The van der Waals surface area contributed by atoms with Gasteiger partial charge in [0.2, 0.25) is 0 Å². The van der Waals surface area contributed by atoms with Crippen LogP contribution in [-0.2, 0) is 6.54 Å². The van der Waals surface area contributed by atoms with Gasteiger partial charge in [-0.3, -0.25) is 0 Å². The second-order valence-corrected chi connectivity index (χ2v) is 4.86. The third-order valence-corrected chi connectivity index (χ3v) is 3.15. The zero-order chi connectivity index (χ0) is 12.1. The Hall–Kier alpha value is -1.13. The summed E-state index contributed by atoms with van der Waals surface area (Å²) in [5.41, 5.74) is 2.36. The van der Waals surface area contributed by atoms with E-state index in [0.717, 1.165) is 24.0 Å². The minimum atomic E-state index is 0.989. The summed E-state index contributed by atoms with van der Waals surface area (Å²) in [5, 5.41) is 3.16. The van der Waals surface area contributed by atoms with Gasteiger partial charge in [0, 0.05) is 16.6 Å². The summed E-state index contributed by atoms with van der Waals surface area (Å²) >= 11 is 3.50. The molecule has 17 heavy (non-hydrogen) atoms. The summed E-state index contributed by atoms with van der Waals surface area (Å²) < 4.78 is 3.29. The van der Waals surface area contributed by atoms with E-state index in [4.69, 9.17) is 0 Å². The van der Waals surface area contributed by atoms with Crippen molar-refractivity contribution in [1.82, 2.24) is 14.9 Å². The van der Waals surface area contributed by atoms with Gasteiger partial charge < -0.3 is 9.88 Å². The first kappa shape index (κ1) is 12.3. The first-order valence-corrected chi connectivity index (χ1v) is 6.51. The van der Waals surface area contributed by atoms with Crippen LogP contribution in [0.3, 0.4) is 0 Å². The van der Waals surface area contributed by atoms with E-state index < -0.39 is 0 Å². The van der Waals surface area contributed by atoms with Crippen molar-refractivity contribution < 1.29 is 0 Å². The number of aryl methyl sites for hydroxylation is 1. The van der Waals surface area contributed by atoms with Crippen LogP contribution in [0, 0.1) is 0 Å². The second-order valence-electron chi connectivity index (χ2n) is 3.94. The standard InChI is InChI=1S/C13H16BrN3/c1-15-6-3-7-17-10-16-9-13(17)11-4-2-5-12(14)8-11/h2,4-5,8-10,15H,3,6-7H2,1H3. The van der Waals surface area contributed by atoms with Crippen molar-refractivity contribution in [3.63, 3.8) is 0 Å². The number of halogens is 1. The van der Waals surface area contributed by atoms with Gasteiger partial charge in [0.15, 0.2) is 0 Å². The molecule has 0 aliphatic carbocycles. The first-order chi connectivity index (χ1) is 8.31. The number of imidazole rings is 1. The maximum absolute atomic E-state index is 4.23. The van der Waals surface area contributed by atoms with Crippen LogP contribution < -0.4 is 5.32 Å². The Labute approximate surface area is 110 Å². The molecule has 1 aromatic heterocycles. The molecule has 0 saturated carbocycles. The summed E-state index contributed by atoms with van der Waals surface area (Å²) in [7, 11) is 1.98. The van der Waals surface area contributed by atoms with Crippen molar-refractivity contribution >= 4 is 15.9 Å². The third-order valence-electron chi connectivity index (χ3n) is 2.66. The SMILES string of the molecule is CNCCCn1cncc1-c1cccc(Br)c1. The minimum Gasteiger partial charge on any atom is -0.331 e. The number of rotatable bonds is 5. The molecule has 0 radical (unpaired) electrons. The van der Waals surface area contributed by atoms with Gasteiger partial charge in [-0.05, 0) is 32.1 Å². The lowest BCUT2D eigenvalue weighted by Gasteiger charge is -2.08. The fourth-order valence-electron chi connectivity index (χ4n) is 1.81. The number of hydrogen-bond donors (Lipinski definition) is 1. The maximum atomic E-state index is 4.23. The molecule has 0 amide bonds. The van der Waals surface area contributed by atoms with Crippen LogP contribution >= 0.6 is 15.9 Å². The van der Waals surface area contributed by atoms with E-state index in [2.05, 4.69) is 42.9 Å². The summed E-state index contributed by atoms with van der Waals surface area (Å²) in [6.45, 7) is 2.01. The summed E-state index contributed by atoms with van der Waals surface area (Å²) in [6.07, 6.45) is 4.92. The fourth-order valence-corrected chi connectivity index (χ4v) is 2.21. The Morgan fingerprint density at radius 1 is 1.41 bits per heavy atom. The average molecular weight is 294 g/mol. The number of hydrogen-bond acceptors (Lipinski definition) is 2. The number of nitrogens with zero attached hydrogens (tertiary/aromatic N) is 2. The highest BCUT2D eigenvalue weighted by Gasteiger charge is 2.04. The molecule has 0 saturated heterocycles. The second kappa shape index (κ2) is 5.98. The Morgan fingerprint density at radius 2 is 2.29 bits per heavy atom. The zero-order valence-corrected chi connectivity index (χ0v) is 11.4. The minimum absolute atomic E-state index is 0.989. The molecule has 3 nitrogen and oxygen atoms in total. The van der Waals surface area contributed by atoms with Crippen LogP contribution in [0.2, 0.25) is 0 Å². The van der Waals surface area contributed by atoms with Crippen molar-refractivity contribution in [2.45, 2.75) is 13.0 Å². The van der Waals surface area contributed by atoms with E-state index in [0.29, 0.717) is 0 Å². The molecule has 0 bridgehead atoms. The molecule has 1 N–H and O–H groups in total. The number of nitrogens with one attached hydrogen (secondary N) is 1. The fraction of sp³-hybridized carbons (Fsp3) is 0.308. The molecule has 90 valence electrons. The van der Waals surface area contributed by atoms with E-state index in [-0.39, 0.29) is 0 Å². The van der Waals surface area contributed by atoms with E-state index in [1.807, 2.05) is 31.7 Å². The lowest BCUT2D eigenvalue weighted by atomic mass is 10.2. The average Bonchev–Trinajstić information content (AvgIpc) is 2.78. The highest BCUT2D eigenvalue weighted by atomic mass is 79.9. The van der Waals surface area contributed by atoms with Gasteiger partial charge in [0.05, 0.1) is 18.2 Å². The first-order valence-electron chi connectivity index (χ1n) is 5.72. The molecular formula is C13H16BrN3. The van der Waals surface area contributed by atoms with E-state index in [1.54, 1.807) is 0 Å². The van der Waals surface area contributed by atoms with Crippen LogP contribution in [0.5, 0.6) is 0 Å². The summed E-state index contributed by atoms with van der Waals surface area (Å²) in [5.74, 6) is 0. The summed E-state index contributed by atoms with van der Waals surface area (Å²) in [4.78, 5) is 4.23. The van der Waals surface area contributed by atoms with E-state index in [9.17, 15) is 0 Å². The molecule has 0 unspecified atom stereocenters. The molecular weight excluding hydrogens is 278 g/mol. The third kappa shape index (κ3) is 3.17. The van der Waals surface area contributed by atoms with Gasteiger partial charge in [-0.25, -0.2) is 4.98 Å². The molecule has 0 aliphatic rings. The predicted octanol–water partition coefficient (Wildman–Crippen LogP) is 2.92. The van der Waals surface area contributed by atoms with Gasteiger partial charge >= 0.3 is 0 Å². The molecule has 2 aromatic rings. The molecule has 1 aromatic carbocycles. The smallest absolute Gasteiger partial charge is 0.0950 e. The number of benzene rings is 1. The van der Waals surface area contributed by atoms with Crippen molar-refractivity contribution in [3.8, 4) is 11.3 Å². The Morgan fingerprint density at radius 3 is 3.06 bits per heavy atom. The van der Waals surface area contributed by atoms with E-state index in [1.165, 1.54) is 11.3 Å². The zero-order valence-electron chi connectivity index (χ0n) is 9.86. The molecule has 4 heteroatoms. The van der Waals surface area contributed by atoms with Gasteiger partial charge in [-0.1, -0.05) is 28.1 Å². The van der Waals surface area contributed by atoms with Crippen LogP contribution in [0.4, 0.5) is 0 Å². The van der Waals surface area contributed by atoms with E-state index >= 15 is 0 Å². The molecule has 1 heterocycles. The van der Waals surface area contributed by atoms with Crippen LogP contribution in [0.25, 0.3) is 11.3 Å². The van der Waals surface area contributed by atoms with Crippen LogP contribution in [-0.4, -0.2) is 23.1 Å². The van der Waals surface area contributed by atoms with Crippen molar-refractivity contribution in [2.75, 3.05) is 13.6 Å². The normalized spacial score (nSPS) is 10.7. The van der Waals surface area contributed by atoms with Crippen LogP contribution in [0.15, 0.2) is 41.3 Å². The highest BCUT2D eigenvalue weighted by Crippen LogP contribution is 2.22.